The lowest BCUT2D eigenvalue weighted by Gasteiger charge is -2.57. The molecule has 12 rings (SSSR count). The summed E-state index contributed by atoms with van der Waals surface area (Å²) in [6, 6.07) is 6.91. The van der Waals surface area contributed by atoms with Gasteiger partial charge in [0, 0.05) is 63.9 Å². The van der Waals surface area contributed by atoms with Crippen molar-refractivity contribution in [1.82, 2.24) is 15.1 Å². The summed E-state index contributed by atoms with van der Waals surface area (Å²) in [4.78, 5) is 32.1. The number of phenolic OH excluding ortho intramolecular Hbond substituents is 1. The topological polar surface area (TPSA) is 173 Å². The molecule has 56 heavy (non-hydrogen) atoms. The predicted molar refractivity (Wildman–Crippen MR) is 200 cm³/mol. The van der Waals surface area contributed by atoms with Crippen LogP contribution in [0, 0.1) is 13.8 Å². The highest BCUT2D eigenvalue weighted by Gasteiger charge is 2.81. The van der Waals surface area contributed by atoms with Crippen LogP contribution < -0.4 is 24.3 Å². The number of likely N-dealkylation sites (N-methyl/N-ethyl adjacent to an activating group) is 1. The molecule has 1 saturated carbocycles. The summed E-state index contributed by atoms with van der Waals surface area (Å²) in [5.41, 5.74) is 2.60. The first-order chi connectivity index (χ1) is 27.0. The van der Waals surface area contributed by atoms with E-state index in [1.165, 1.54) is 25.8 Å². The average molecular weight is 784 g/mol. The van der Waals surface area contributed by atoms with E-state index in [0.29, 0.717) is 63.0 Å². The summed E-state index contributed by atoms with van der Waals surface area (Å²) < 4.78 is 37.2. The molecule has 8 aliphatic rings. The Balaban J connectivity index is 1.19. The number of thioether (sulfide) groups is 1. The second-order valence-electron chi connectivity index (χ2n) is 16.1. The number of hydrogen-bond acceptors (Lipinski definition) is 15. The third-order valence-electron chi connectivity index (χ3n) is 13.4. The third-order valence-corrected chi connectivity index (χ3v) is 14.8. The number of aliphatic hydroxyl groups is 2. The van der Waals surface area contributed by atoms with E-state index in [-0.39, 0.29) is 37.6 Å². The molecule has 292 valence electrons. The summed E-state index contributed by atoms with van der Waals surface area (Å²) in [5, 5.41) is 39.6. The van der Waals surface area contributed by atoms with Crippen molar-refractivity contribution in [3.05, 3.63) is 75.0 Å². The van der Waals surface area contributed by atoms with Crippen LogP contribution in [0.2, 0.25) is 0 Å². The molecule has 8 heterocycles. The number of phenols is 1. The molecule has 9 atom stereocenters. The molecule has 4 N–H and O–H groups in total. The summed E-state index contributed by atoms with van der Waals surface area (Å²) in [6.07, 6.45) is 0.438. The fourth-order valence-corrected chi connectivity index (χ4v) is 13.0. The van der Waals surface area contributed by atoms with Crippen LogP contribution in [-0.2, 0) is 26.3 Å². The van der Waals surface area contributed by atoms with Gasteiger partial charge < -0.3 is 43.4 Å². The van der Waals surface area contributed by atoms with Crippen LogP contribution in [0.25, 0.3) is 11.0 Å². The first-order valence-electron chi connectivity index (χ1n) is 18.9. The Morgan fingerprint density at radius 3 is 2.66 bits per heavy atom. The van der Waals surface area contributed by atoms with E-state index in [1.54, 1.807) is 0 Å². The Morgan fingerprint density at radius 1 is 1.11 bits per heavy atom. The number of carbonyl (C=O) groups is 2. The molecular formula is C41H41N3O11S. The van der Waals surface area contributed by atoms with E-state index >= 15 is 0 Å². The smallest absolute Gasteiger partial charge is 0.335 e. The monoisotopic (exact) mass is 783 g/mol. The molecule has 4 bridgehead atoms. The number of para-hydroxylation sites is 1. The van der Waals surface area contributed by atoms with Crippen molar-refractivity contribution in [1.29, 1.82) is 0 Å². The number of carbonyl (C=O) groups excluding carboxylic acids is 2. The average Bonchev–Trinajstić information content (AvgIpc) is 3.43. The standard InChI is InChI=1S/C41H41N3O11S/c1-16-10-22-25(31(47)32(16)50-5)29-30-36-27-26(35-34(52-15-53-35)17(2)33(27)54-18(3)46)23(44(30)41(49)28(22)37(41)43(29)4)13-51-39(48)40(14-56-36)38-21(11-19(12-45)42-40)20-8-6-7-9-24(20)55-38/h6-10,19,23,28-30,36-37,42,45,47,49H,11-15H2,1-5H3/t19-,23+,28?,29+,30-,36-,37+,40-,41+/m1/s1. The van der Waals surface area contributed by atoms with E-state index in [2.05, 4.69) is 15.1 Å². The molecule has 0 amide bonds. The van der Waals surface area contributed by atoms with Crippen LogP contribution in [0.1, 0.15) is 74.9 Å². The van der Waals surface area contributed by atoms with Crippen molar-refractivity contribution in [2.75, 3.05) is 39.9 Å². The lowest BCUT2D eigenvalue weighted by Crippen LogP contribution is -2.65. The number of benzene rings is 3. The number of ether oxygens (including phenoxy) is 5. The van der Waals surface area contributed by atoms with Crippen molar-refractivity contribution in [3.63, 3.8) is 0 Å². The van der Waals surface area contributed by atoms with Crippen molar-refractivity contribution in [3.8, 4) is 28.7 Å². The highest BCUT2D eigenvalue weighted by atomic mass is 32.2. The zero-order chi connectivity index (χ0) is 38.7. The Kier molecular flexibility index (Phi) is 7.16. The SMILES string of the molecule is COc1c(C)cc2c(c1O)[C@H]1[C@@H]3[C@@H]4SC[C@]5(N[C@@H](CO)Cc6c5oc5ccccc65)C(=O)OC[C@@H](c5c6c(c(C)c(OC(C)=O)c54)OCO6)N3[C@]3(O)C2[C@@H]3N1C. The molecule has 15 heteroatoms. The second kappa shape index (κ2) is 11.5. The third kappa shape index (κ3) is 4.10. The van der Waals surface area contributed by atoms with Gasteiger partial charge in [-0.3, -0.25) is 19.9 Å². The zero-order valence-corrected chi connectivity index (χ0v) is 32.2. The van der Waals surface area contributed by atoms with Gasteiger partial charge in [-0.2, -0.15) is 0 Å². The predicted octanol–water partition coefficient (Wildman–Crippen LogP) is 3.73. The Morgan fingerprint density at radius 2 is 1.89 bits per heavy atom. The molecule has 1 aliphatic carbocycles. The molecule has 1 aromatic heterocycles. The number of nitrogens with zero attached hydrogens (tertiary/aromatic N) is 2. The van der Waals surface area contributed by atoms with Crippen LogP contribution in [0.15, 0.2) is 34.7 Å². The molecule has 14 nitrogen and oxygen atoms in total. The zero-order valence-electron chi connectivity index (χ0n) is 31.4. The van der Waals surface area contributed by atoms with Crippen molar-refractivity contribution in [2.24, 2.45) is 0 Å². The largest absolute Gasteiger partial charge is 0.504 e. The first kappa shape index (κ1) is 34.7. The molecule has 0 radical (unpaired) electrons. The minimum Gasteiger partial charge on any atom is -0.504 e. The van der Waals surface area contributed by atoms with Crippen LogP contribution in [0.3, 0.4) is 0 Å². The van der Waals surface area contributed by atoms with E-state index in [9.17, 15) is 24.9 Å². The van der Waals surface area contributed by atoms with Gasteiger partial charge in [0.15, 0.2) is 28.5 Å². The van der Waals surface area contributed by atoms with Crippen molar-refractivity contribution < 1.29 is 53.0 Å². The fraction of sp³-hybridized carbons (Fsp3) is 0.463. The molecule has 7 aliphatic heterocycles. The van der Waals surface area contributed by atoms with Crippen molar-refractivity contribution >= 4 is 34.7 Å². The van der Waals surface area contributed by atoms with Gasteiger partial charge in [-0.1, -0.05) is 24.3 Å². The molecule has 3 fully saturated rings. The number of esters is 2. The summed E-state index contributed by atoms with van der Waals surface area (Å²) in [7, 11) is 3.50. The molecule has 2 saturated heterocycles. The van der Waals surface area contributed by atoms with Crippen molar-refractivity contribution in [2.45, 2.75) is 79.8 Å². The van der Waals surface area contributed by atoms with E-state index in [0.717, 1.165) is 22.1 Å². The quantitative estimate of drug-likeness (QED) is 0.175. The maximum absolute atomic E-state index is 15.0. The van der Waals surface area contributed by atoms with Gasteiger partial charge >= 0.3 is 11.9 Å². The van der Waals surface area contributed by atoms with E-state index < -0.39 is 58.5 Å². The number of aryl methyl sites for hydroxylation is 1. The first-order valence-corrected chi connectivity index (χ1v) is 20.0. The number of aromatic hydroxyl groups is 1. The number of furan rings is 1. The van der Waals surface area contributed by atoms with E-state index in [4.69, 9.17) is 28.1 Å². The summed E-state index contributed by atoms with van der Waals surface area (Å²) in [5.74, 6) is 0.573. The lowest BCUT2D eigenvalue weighted by molar-refractivity contribution is -0.173. The summed E-state index contributed by atoms with van der Waals surface area (Å²) >= 11 is 1.44. The maximum Gasteiger partial charge on any atom is 0.335 e. The van der Waals surface area contributed by atoms with Crippen LogP contribution >= 0.6 is 11.8 Å². The Labute approximate surface area is 325 Å². The van der Waals surface area contributed by atoms with Gasteiger partial charge in [0.25, 0.3) is 0 Å². The second-order valence-corrected chi connectivity index (χ2v) is 17.2. The number of nitrogens with one attached hydrogen (secondary N) is 1. The molecule has 4 aromatic rings. The lowest BCUT2D eigenvalue weighted by atomic mass is 9.77. The van der Waals surface area contributed by atoms with Crippen LogP contribution in [0.4, 0.5) is 0 Å². The van der Waals surface area contributed by atoms with E-state index in [1.807, 2.05) is 51.2 Å². The fourth-order valence-electron chi connectivity index (χ4n) is 11.3. The molecule has 1 spiro atoms. The molecule has 3 aromatic carbocycles. The van der Waals surface area contributed by atoms with Gasteiger partial charge in [0.05, 0.1) is 37.1 Å². The minimum atomic E-state index is -1.53. The minimum absolute atomic E-state index is 0.0173. The number of rotatable bonds is 3. The number of aliphatic hydroxyl groups excluding tert-OH is 1. The highest BCUT2D eigenvalue weighted by Crippen LogP contribution is 2.75. The Bertz CT molecular complexity index is 2440. The normalized spacial score (nSPS) is 33.3. The molecular weight excluding hydrogens is 743 g/mol. The highest BCUT2D eigenvalue weighted by molar-refractivity contribution is 7.99. The van der Waals surface area contributed by atoms with Gasteiger partial charge in [0.1, 0.15) is 29.4 Å². The Hall–Kier alpha value is -4.51. The number of piperazine rings is 1. The van der Waals surface area contributed by atoms with Gasteiger partial charge in [0.2, 0.25) is 6.79 Å². The van der Waals surface area contributed by atoms with Gasteiger partial charge in [-0.25, -0.2) is 4.79 Å². The number of methoxy groups -OCH3 is 1. The maximum atomic E-state index is 15.0. The molecule has 1 unspecified atom stereocenters. The summed E-state index contributed by atoms with van der Waals surface area (Å²) in [6.45, 7) is 4.54. The van der Waals surface area contributed by atoms with Gasteiger partial charge in [-0.15, -0.1) is 11.8 Å². The number of fused-ring (bicyclic) bond motifs is 12. The van der Waals surface area contributed by atoms with Crippen LogP contribution in [0.5, 0.6) is 28.7 Å². The number of hydrogen-bond donors (Lipinski definition) is 4. The van der Waals surface area contributed by atoms with Gasteiger partial charge in [-0.05, 0) is 44.5 Å². The van der Waals surface area contributed by atoms with Crippen LogP contribution in [-0.4, -0.2) is 101 Å².